The molecule has 0 bridgehead atoms. The minimum absolute atomic E-state index is 0.0769. The van der Waals surface area contributed by atoms with Gasteiger partial charge in [0.2, 0.25) is 11.8 Å². The standard InChI is InChI=1S/C19H16F3NO3/c1-12-2-4-13(5-3-12)10-14-11-17(24)23(18(14)25)15-6-8-16(9-7-15)26-19(20,21)22/h2-9,14H,10-11H2,1H3. The van der Waals surface area contributed by atoms with Crippen molar-refractivity contribution in [3.05, 3.63) is 59.7 Å². The Balaban J connectivity index is 1.73. The minimum Gasteiger partial charge on any atom is -0.406 e. The number of benzene rings is 2. The molecule has 2 aromatic carbocycles. The van der Waals surface area contributed by atoms with E-state index in [2.05, 4.69) is 4.74 Å². The number of alkyl halides is 3. The number of aryl methyl sites for hydroxylation is 1. The van der Waals surface area contributed by atoms with E-state index in [0.29, 0.717) is 6.42 Å². The van der Waals surface area contributed by atoms with Crippen molar-refractivity contribution in [3.63, 3.8) is 0 Å². The van der Waals surface area contributed by atoms with E-state index in [1.807, 2.05) is 31.2 Å². The van der Waals surface area contributed by atoms with Crippen molar-refractivity contribution in [3.8, 4) is 5.75 Å². The first-order valence-corrected chi connectivity index (χ1v) is 8.01. The van der Waals surface area contributed by atoms with Gasteiger partial charge in [0.25, 0.3) is 0 Å². The zero-order chi connectivity index (χ0) is 18.9. The van der Waals surface area contributed by atoms with E-state index in [-0.39, 0.29) is 23.9 Å². The van der Waals surface area contributed by atoms with Gasteiger partial charge in [0.05, 0.1) is 11.6 Å². The fraction of sp³-hybridized carbons (Fsp3) is 0.263. The van der Waals surface area contributed by atoms with E-state index >= 15 is 0 Å². The Morgan fingerprint density at radius 1 is 1.04 bits per heavy atom. The summed E-state index contributed by atoms with van der Waals surface area (Å²) < 4.78 is 40.4. The van der Waals surface area contributed by atoms with Crippen molar-refractivity contribution in [1.82, 2.24) is 0 Å². The Morgan fingerprint density at radius 2 is 1.65 bits per heavy atom. The summed E-state index contributed by atoms with van der Waals surface area (Å²) in [7, 11) is 0. The number of carbonyl (C=O) groups is 2. The fourth-order valence-electron chi connectivity index (χ4n) is 2.93. The smallest absolute Gasteiger partial charge is 0.406 e. The Hall–Kier alpha value is -2.83. The molecule has 26 heavy (non-hydrogen) atoms. The summed E-state index contributed by atoms with van der Waals surface area (Å²) in [6.07, 6.45) is -4.27. The highest BCUT2D eigenvalue weighted by Crippen LogP contribution is 2.31. The predicted molar refractivity (Wildman–Crippen MR) is 88.6 cm³/mol. The lowest BCUT2D eigenvalue weighted by atomic mass is 9.97. The first-order valence-electron chi connectivity index (χ1n) is 8.01. The molecule has 1 heterocycles. The molecule has 0 N–H and O–H groups in total. The van der Waals surface area contributed by atoms with Crippen LogP contribution in [-0.2, 0) is 16.0 Å². The average Bonchev–Trinajstić information content (AvgIpc) is 2.83. The van der Waals surface area contributed by atoms with E-state index in [1.54, 1.807) is 0 Å². The molecule has 1 saturated heterocycles. The number of hydrogen-bond acceptors (Lipinski definition) is 3. The summed E-state index contributed by atoms with van der Waals surface area (Å²) in [5, 5.41) is 0. The lowest BCUT2D eigenvalue weighted by Gasteiger charge is -2.16. The summed E-state index contributed by atoms with van der Waals surface area (Å²) in [6.45, 7) is 1.96. The molecule has 3 rings (SSSR count). The molecule has 0 spiro atoms. The fourth-order valence-corrected chi connectivity index (χ4v) is 2.93. The van der Waals surface area contributed by atoms with E-state index < -0.39 is 18.0 Å². The molecule has 1 aliphatic heterocycles. The molecule has 1 fully saturated rings. The largest absolute Gasteiger partial charge is 0.573 e. The van der Waals surface area contributed by atoms with Crippen LogP contribution >= 0.6 is 0 Å². The van der Waals surface area contributed by atoms with Crippen LogP contribution in [0.4, 0.5) is 18.9 Å². The number of ether oxygens (including phenoxy) is 1. The van der Waals surface area contributed by atoms with Crippen molar-refractivity contribution < 1.29 is 27.5 Å². The Morgan fingerprint density at radius 3 is 2.23 bits per heavy atom. The quantitative estimate of drug-likeness (QED) is 0.771. The maximum Gasteiger partial charge on any atom is 0.573 e. The second-order valence-corrected chi connectivity index (χ2v) is 6.20. The maximum absolute atomic E-state index is 12.6. The zero-order valence-corrected chi connectivity index (χ0v) is 13.9. The van der Waals surface area contributed by atoms with Crippen molar-refractivity contribution in [2.75, 3.05) is 4.90 Å². The summed E-state index contributed by atoms with van der Waals surface area (Å²) in [5.74, 6) is -1.59. The number of nitrogens with zero attached hydrogens (tertiary/aromatic N) is 1. The molecule has 2 amide bonds. The number of rotatable bonds is 4. The van der Waals surface area contributed by atoms with E-state index in [0.717, 1.165) is 28.2 Å². The molecule has 0 aliphatic carbocycles. The van der Waals surface area contributed by atoms with Gasteiger partial charge in [0.1, 0.15) is 5.75 Å². The third-order valence-electron chi connectivity index (χ3n) is 4.17. The van der Waals surface area contributed by atoms with Gasteiger partial charge in [0.15, 0.2) is 0 Å². The summed E-state index contributed by atoms with van der Waals surface area (Å²) in [5.41, 5.74) is 2.30. The highest BCUT2D eigenvalue weighted by atomic mass is 19.4. The number of carbonyl (C=O) groups excluding carboxylic acids is 2. The van der Waals surface area contributed by atoms with Crippen LogP contribution in [0.1, 0.15) is 17.5 Å². The zero-order valence-electron chi connectivity index (χ0n) is 13.9. The molecule has 7 heteroatoms. The van der Waals surface area contributed by atoms with Crippen LogP contribution in [0.5, 0.6) is 5.75 Å². The first-order chi connectivity index (χ1) is 12.2. The number of halogens is 3. The topological polar surface area (TPSA) is 46.6 Å². The lowest BCUT2D eigenvalue weighted by molar-refractivity contribution is -0.274. The molecular formula is C19H16F3NO3. The van der Waals surface area contributed by atoms with E-state index in [4.69, 9.17) is 0 Å². The first kappa shape index (κ1) is 18.0. The monoisotopic (exact) mass is 363 g/mol. The Bertz CT molecular complexity index is 813. The molecular weight excluding hydrogens is 347 g/mol. The summed E-state index contributed by atoms with van der Waals surface area (Å²) >= 11 is 0. The molecule has 1 unspecified atom stereocenters. The average molecular weight is 363 g/mol. The van der Waals surface area contributed by atoms with E-state index in [1.165, 1.54) is 12.1 Å². The molecule has 4 nitrogen and oxygen atoms in total. The van der Waals surface area contributed by atoms with Crippen LogP contribution in [0, 0.1) is 12.8 Å². The highest BCUT2D eigenvalue weighted by Gasteiger charge is 2.39. The molecule has 1 atom stereocenters. The molecule has 0 aromatic heterocycles. The third kappa shape index (κ3) is 4.04. The van der Waals surface area contributed by atoms with Gasteiger partial charge >= 0.3 is 6.36 Å². The number of imide groups is 1. The van der Waals surface area contributed by atoms with Crippen LogP contribution in [0.3, 0.4) is 0 Å². The van der Waals surface area contributed by atoms with Gasteiger partial charge in [-0.15, -0.1) is 13.2 Å². The van der Waals surface area contributed by atoms with Crippen LogP contribution < -0.4 is 9.64 Å². The molecule has 136 valence electrons. The second kappa shape index (κ2) is 6.82. The molecule has 2 aromatic rings. The van der Waals surface area contributed by atoms with Gasteiger partial charge in [-0.05, 0) is 43.2 Å². The third-order valence-corrected chi connectivity index (χ3v) is 4.17. The van der Waals surface area contributed by atoms with Crippen molar-refractivity contribution in [2.24, 2.45) is 5.92 Å². The Kier molecular flexibility index (Phi) is 4.71. The van der Waals surface area contributed by atoms with Gasteiger partial charge in [-0.1, -0.05) is 29.8 Å². The molecule has 0 radical (unpaired) electrons. The van der Waals surface area contributed by atoms with Gasteiger partial charge < -0.3 is 4.74 Å². The van der Waals surface area contributed by atoms with Crippen molar-refractivity contribution in [1.29, 1.82) is 0 Å². The van der Waals surface area contributed by atoms with Crippen molar-refractivity contribution in [2.45, 2.75) is 26.1 Å². The highest BCUT2D eigenvalue weighted by molar-refractivity contribution is 6.21. The number of amides is 2. The SMILES string of the molecule is Cc1ccc(CC2CC(=O)N(c3ccc(OC(F)(F)F)cc3)C2=O)cc1. The molecule has 0 saturated carbocycles. The van der Waals surface area contributed by atoms with Gasteiger partial charge in [-0.25, -0.2) is 0 Å². The number of anilines is 1. The normalized spacial score (nSPS) is 17.7. The van der Waals surface area contributed by atoms with Gasteiger partial charge in [0, 0.05) is 6.42 Å². The van der Waals surface area contributed by atoms with Gasteiger partial charge in [-0.2, -0.15) is 0 Å². The molecule has 1 aliphatic rings. The second-order valence-electron chi connectivity index (χ2n) is 6.20. The summed E-state index contributed by atoms with van der Waals surface area (Å²) in [4.78, 5) is 25.9. The van der Waals surface area contributed by atoms with Crippen molar-refractivity contribution >= 4 is 17.5 Å². The van der Waals surface area contributed by atoms with Crippen LogP contribution in [-0.4, -0.2) is 18.2 Å². The Labute approximate surface area is 148 Å². The van der Waals surface area contributed by atoms with Gasteiger partial charge in [-0.3, -0.25) is 14.5 Å². The van der Waals surface area contributed by atoms with E-state index in [9.17, 15) is 22.8 Å². The predicted octanol–water partition coefficient (Wildman–Crippen LogP) is 4.02. The van der Waals surface area contributed by atoms with Crippen LogP contribution in [0.2, 0.25) is 0 Å². The van der Waals surface area contributed by atoms with Crippen LogP contribution in [0.25, 0.3) is 0 Å². The number of hydrogen-bond donors (Lipinski definition) is 0. The lowest BCUT2D eigenvalue weighted by Crippen LogP contribution is -2.30. The maximum atomic E-state index is 12.6. The summed E-state index contributed by atoms with van der Waals surface area (Å²) in [6, 6.07) is 12.4. The minimum atomic E-state index is -4.79. The van der Waals surface area contributed by atoms with Crippen LogP contribution in [0.15, 0.2) is 48.5 Å².